The molecule has 5 nitrogen and oxygen atoms in total. The molecule has 2 rings (SSSR count). The van der Waals surface area contributed by atoms with Crippen LogP contribution in [0.5, 0.6) is 0 Å². The van der Waals surface area contributed by atoms with Crippen molar-refractivity contribution in [3.8, 4) is 11.5 Å². The number of hydrogen-bond donors (Lipinski definition) is 0. The summed E-state index contributed by atoms with van der Waals surface area (Å²) in [6.45, 7) is 2.14. The third-order valence-corrected chi connectivity index (χ3v) is 2.66. The smallest absolute Gasteiger partial charge is 0.306 e. The van der Waals surface area contributed by atoms with Gasteiger partial charge < -0.3 is 9.15 Å². The maximum absolute atomic E-state index is 11.2. The lowest BCUT2D eigenvalue weighted by molar-refractivity contribution is -0.143. The Morgan fingerprint density at radius 1 is 1.32 bits per heavy atom. The van der Waals surface area contributed by atoms with E-state index < -0.39 is 0 Å². The molecule has 0 aliphatic rings. The van der Waals surface area contributed by atoms with Crippen LogP contribution in [0.25, 0.3) is 11.5 Å². The van der Waals surface area contributed by atoms with Crippen molar-refractivity contribution in [1.29, 1.82) is 0 Å². The molecule has 0 saturated heterocycles. The molecule has 0 unspecified atom stereocenters. The summed E-state index contributed by atoms with van der Waals surface area (Å²) < 4.78 is 10.3. The molecule has 0 fully saturated rings. The van der Waals surface area contributed by atoms with E-state index in [4.69, 9.17) is 20.8 Å². The highest BCUT2D eigenvalue weighted by Gasteiger charge is 2.10. The average molecular weight is 281 g/mol. The van der Waals surface area contributed by atoms with Gasteiger partial charge in [0, 0.05) is 17.0 Å². The summed E-state index contributed by atoms with van der Waals surface area (Å²) in [4.78, 5) is 11.2. The number of hydrogen-bond acceptors (Lipinski definition) is 5. The van der Waals surface area contributed by atoms with Crippen LogP contribution < -0.4 is 0 Å². The molecule has 0 spiro atoms. The second-order valence-corrected chi connectivity index (χ2v) is 4.25. The van der Waals surface area contributed by atoms with Crippen LogP contribution in [0.1, 0.15) is 19.2 Å². The Bertz CT molecular complexity index is 551. The lowest BCUT2D eigenvalue weighted by Crippen LogP contribution is -2.05. The predicted octanol–water partition coefficient (Wildman–Crippen LogP) is 2.89. The number of aryl methyl sites for hydroxylation is 1. The summed E-state index contributed by atoms with van der Waals surface area (Å²) in [5.41, 5.74) is 0.791. The number of carbonyl (C=O) groups excluding carboxylic acids is 1. The van der Waals surface area contributed by atoms with Crippen molar-refractivity contribution in [3.63, 3.8) is 0 Å². The molecule has 100 valence electrons. The van der Waals surface area contributed by atoms with Gasteiger partial charge in [-0.15, -0.1) is 10.2 Å². The number of rotatable bonds is 5. The maximum atomic E-state index is 11.2. The van der Waals surface area contributed by atoms with Crippen molar-refractivity contribution < 1.29 is 13.9 Å². The highest BCUT2D eigenvalue weighted by Crippen LogP contribution is 2.20. The third kappa shape index (κ3) is 3.79. The number of nitrogens with zero attached hydrogens (tertiary/aromatic N) is 2. The Kier molecular flexibility index (Phi) is 4.52. The van der Waals surface area contributed by atoms with Crippen molar-refractivity contribution >= 4 is 17.6 Å². The largest absolute Gasteiger partial charge is 0.466 e. The van der Waals surface area contributed by atoms with Gasteiger partial charge in [-0.2, -0.15) is 0 Å². The lowest BCUT2D eigenvalue weighted by Gasteiger charge is -1.98. The Hall–Kier alpha value is -1.88. The second-order valence-electron chi connectivity index (χ2n) is 3.81. The van der Waals surface area contributed by atoms with Gasteiger partial charge in [-0.1, -0.05) is 11.6 Å². The summed E-state index contributed by atoms with van der Waals surface area (Å²) in [5.74, 6) is 0.558. The maximum Gasteiger partial charge on any atom is 0.306 e. The van der Waals surface area contributed by atoms with Crippen molar-refractivity contribution in [3.05, 3.63) is 35.2 Å². The number of ether oxygens (including phenoxy) is 1. The average Bonchev–Trinajstić information content (AvgIpc) is 2.86. The molecule has 0 radical (unpaired) electrons. The van der Waals surface area contributed by atoms with Crippen molar-refractivity contribution in [2.45, 2.75) is 19.8 Å². The Morgan fingerprint density at radius 3 is 2.74 bits per heavy atom. The van der Waals surface area contributed by atoms with Gasteiger partial charge in [0.1, 0.15) is 0 Å². The van der Waals surface area contributed by atoms with Crippen LogP contribution in [0.3, 0.4) is 0 Å². The highest BCUT2D eigenvalue weighted by molar-refractivity contribution is 6.30. The first-order valence-corrected chi connectivity index (χ1v) is 6.30. The van der Waals surface area contributed by atoms with Gasteiger partial charge in [0.2, 0.25) is 11.8 Å². The van der Waals surface area contributed by atoms with Crippen LogP contribution in [0.15, 0.2) is 28.7 Å². The van der Waals surface area contributed by atoms with Crippen molar-refractivity contribution in [1.82, 2.24) is 10.2 Å². The molecule has 1 aromatic carbocycles. The minimum absolute atomic E-state index is 0.232. The van der Waals surface area contributed by atoms with Crippen LogP contribution in [0.4, 0.5) is 0 Å². The topological polar surface area (TPSA) is 65.2 Å². The molecule has 0 saturated carbocycles. The molecule has 2 aromatic rings. The van der Waals surface area contributed by atoms with E-state index in [0.29, 0.717) is 29.8 Å². The molecular formula is C13H13ClN2O3. The fourth-order valence-corrected chi connectivity index (χ4v) is 1.63. The fraction of sp³-hybridized carbons (Fsp3) is 0.308. The molecule has 1 heterocycles. The van der Waals surface area contributed by atoms with E-state index in [9.17, 15) is 4.79 Å². The monoisotopic (exact) mass is 280 g/mol. The van der Waals surface area contributed by atoms with Crippen molar-refractivity contribution in [2.75, 3.05) is 6.61 Å². The van der Waals surface area contributed by atoms with Crippen LogP contribution in [0, 0.1) is 0 Å². The molecule has 1 aromatic heterocycles. The zero-order valence-electron chi connectivity index (χ0n) is 10.4. The van der Waals surface area contributed by atoms with Crippen molar-refractivity contribution in [2.24, 2.45) is 0 Å². The van der Waals surface area contributed by atoms with Gasteiger partial charge in [-0.25, -0.2) is 0 Å². The van der Waals surface area contributed by atoms with Gasteiger partial charge in [0.25, 0.3) is 0 Å². The standard InChI is InChI=1S/C13H13ClN2O3/c1-2-18-12(17)8-7-11-15-16-13(19-11)9-3-5-10(14)6-4-9/h3-6H,2,7-8H2,1H3. The fourth-order valence-electron chi connectivity index (χ4n) is 1.51. The third-order valence-electron chi connectivity index (χ3n) is 2.41. The zero-order valence-corrected chi connectivity index (χ0v) is 11.2. The highest BCUT2D eigenvalue weighted by atomic mass is 35.5. The first-order chi connectivity index (χ1) is 9.19. The summed E-state index contributed by atoms with van der Waals surface area (Å²) >= 11 is 5.80. The van der Waals surface area contributed by atoms with Gasteiger partial charge in [-0.05, 0) is 31.2 Å². The number of aromatic nitrogens is 2. The van der Waals surface area contributed by atoms with E-state index in [1.54, 1.807) is 31.2 Å². The number of halogens is 1. The van der Waals surface area contributed by atoms with Crippen LogP contribution in [-0.4, -0.2) is 22.8 Å². The first kappa shape index (κ1) is 13.5. The molecule has 0 aliphatic heterocycles. The molecule has 6 heteroatoms. The quantitative estimate of drug-likeness (QED) is 0.788. The summed E-state index contributed by atoms with van der Waals surface area (Å²) in [7, 11) is 0. The normalized spacial score (nSPS) is 10.4. The number of esters is 1. The molecule has 0 bridgehead atoms. The second kappa shape index (κ2) is 6.33. The van der Waals surface area contributed by atoms with Crippen LogP contribution in [-0.2, 0) is 16.0 Å². The molecule has 0 atom stereocenters. The van der Waals surface area contributed by atoms with E-state index >= 15 is 0 Å². The number of benzene rings is 1. The first-order valence-electron chi connectivity index (χ1n) is 5.93. The molecule has 0 amide bonds. The van der Waals surface area contributed by atoms with E-state index in [1.165, 1.54) is 0 Å². The summed E-state index contributed by atoms with van der Waals surface area (Å²) in [6, 6.07) is 7.09. The van der Waals surface area contributed by atoms with E-state index in [-0.39, 0.29) is 12.4 Å². The van der Waals surface area contributed by atoms with Gasteiger partial charge in [0.15, 0.2) is 0 Å². The Balaban J connectivity index is 1.99. The molecule has 0 aliphatic carbocycles. The summed E-state index contributed by atoms with van der Waals surface area (Å²) in [6.07, 6.45) is 0.607. The van der Waals surface area contributed by atoms with Gasteiger partial charge >= 0.3 is 5.97 Å². The lowest BCUT2D eigenvalue weighted by atomic mass is 10.2. The Morgan fingerprint density at radius 2 is 2.05 bits per heavy atom. The van der Waals surface area contributed by atoms with Crippen LogP contribution >= 0.6 is 11.6 Å². The minimum atomic E-state index is -0.270. The van der Waals surface area contributed by atoms with E-state index in [0.717, 1.165) is 5.56 Å². The predicted molar refractivity (Wildman–Crippen MR) is 69.7 cm³/mol. The molecule has 0 N–H and O–H groups in total. The molecular weight excluding hydrogens is 268 g/mol. The zero-order chi connectivity index (χ0) is 13.7. The van der Waals surface area contributed by atoms with Gasteiger partial charge in [-0.3, -0.25) is 4.79 Å². The summed E-state index contributed by atoms with van der Waals surface area (Å²) in [5, 5.41) is 8.46. The van der Waals surface area contributed by atoms with Gasteiger partial charge in [0.05, 0.1) is 13.0 Å². The van der Waals surface area contributed by atoms with E-state index in [1.807, 2.05) is 0 Å². The van der Waals surface area contributed by atoms with Crippen LogP contribution in [0.2, 0.25) is 5.02 Å². The Labute approximate surface area is 115 Å². The number of carbonyl (C=O) groups is 1. The SMILES string of the molecule is CCOC(=O)CCc1nnc(-c2ccc(Cl)cc2)o1. The van der Waals surface area contributed by atoms with E-state index in [2.05, 4.69) is 10.2 Å². The minimum Gasteiger partial charge on any atom is -0.466 e. The molecule has 19 heavy (non-hydrogen) atoms.